The van der Waals surface area contributed by atoms with Gasteiger partial charge in [-0.15, -0.1) is 0 Å². The van der Waals surface area contributed by atoms with E-state index in [4.69, 9.17) is 14.2 Å². The lowest BCUT2D eigenvalue weighted by Crippen LogP contribution is -1.99. The molecule has 0 amide bonds. The fraction of sp³-hybridized carbons (Fsp3) is 0.667. The van der Waals surface area contributed by atoms with Crippen LogP contribution in [0.5, 0.6) is 17.2 Å². The minimum absolute atomic E-state index is 0.728. The second-order valence-electron chi connectivity index (χ2n) is 5.38. The smallest absolute Gasteiger partial charge is 0.164 e. The summed E-state index contributed by atoms with van der Waals surface area (Å²) in [5.41, 5.74) is 0. The number of hydrogen-bond donors (Lipinski definition) is 0. The largest absolute Gasteiger partial charge is 0.497 e. The molecule has 126 valence electrons. The standard InChI is InChI=1S/C18H29BrO3/c1-20-16-11-12-17(18(15-16)21-2)22-14-10-8-6-4-3-5-7-9-13-19/h11-12,15H,3-10,13-14H2,1-2H3. The minimum atomic E-state index is 0.728. The highest BCUT2D eigenvalue weighted by atomic mass is 79.9. The highest BCUT2D eigenvalue weighted by Gasteiger charge is 2.05. The van der Waals surface area contributed by atoms with Crippen LogP contribution in [0.4, 0.5) is 0 Å². The number of ether oxygens (including phenoxy) is 3. The molecule has 1 aromatic rings. The van der Waals surface area contributed by atoms with E-state index in [1.54, 1.807) is 14.2 Å². The third-order valence-corrected chi connectivity index (χ3v) is 4.22. The Morgan fingerprint density at radius 1 is 0.773 bits per heavy atom. The Morgan fingerprint density at radius 3 is 2.00 bits per heavy atom. The van der Waals surface area contributed by atoms with Gasteiger partial charge in [0.05, 0.1) is 20.8 Å². The summed E-state index contributed by atoms with van der Waals surface area (Å²) >= 11 is 3.47. The summed E-state index contributed by atoms with van der Waals surface area (Å²) in [5.74, 6) is 2.30. The van der Waals surface area contributed by atoms with Crippen LogP contribution in [0.1, 0.15) is 51.4 Å². The van der Waals surface area contributed by atoms with Gasteiger partial charge in [-0.25, -0.2) is 0 Å². The number of halogens is 1. The summed E-state index contributed by atoms with van der Waals surface area (Å²) in [6.07, 6.45) is 10.4. The van der Waals surface area contributed by atoms with Crippen molar-refractivity contribution in [3.8, 4) is 17.2 Å². The number of methoxy groups -OCH3 is 2. The molecule has 0 aliphatic heterocycles. The molecule has 1 rings (SSSR count). The molecule has 3 nitrogen and oxygen atoms in total. The number of benzene rings is 1. The Kier molecular flexibility index (Phi) is 11.0. The summed E-state index contributed by atoms with van der Waals surface area (Å²) in [4.78, 5) is 0. The predicted octanol–water partition coefficient (Wildman–Crippen LogP) is 5.60. The van der Waals surface area contributed by atoms with E-state index < -0.39 is 0 Å². The van der Waals surface area contributed by atoms with Crippen molar-refractivity contribution >= 4 is 15.9 Å². The first kappa shape index (κ1) is 19.1. The van der Waals surface area contributed by atoms with E-state index in [2.05, 4.69) is 15.9 Å². The lowest BCUT2D eigenvalue weighted by molar-refractivity contribution is 0.283. The lowest BCUT2D eigenvalue weighted by Gasteiger charge is -2.11. The molecule has 0 bridgehead atoms. The Bertz CT molecular complexity index is 396. The van der Waals surface area contributed by atoms with Crippen molar-refractivity contribution in [3.63, 3.8) is 0 Å². The Morgan fingerprint density at radius 2 is 1.41 bits per heavy atom. The van der Waals surface area contributed by atoms with Gasteiger partial charge >= 0.3 is 0 Å². The van der Waals surface area contributed by atoms with Crippen molar-refractivity contribution in [3.05, 3.63) is 18.2 Å². The molecule has 0 atom stereocenters. The van der Waals surface area contributed by atoms with Crippen LogP contribution in [-0.4, -0.2) is 26.2 Å². The van der Waals surface area contributed by atoms with Gasteiger partial charge in [0.1, 0.15) is 5.75 Å². The summed E-state index contributed by atoms with van der Waals surface area (Å²) in [6.45, 7) is 0.742. The van der Waals surface area contributed by atoms with Crippen LogP contribution in [0.3, 0.4) is 0 Å². The fourth-order valence-corrected chi connectivity index (χ4v) is 2.73. The van der Waals surface area contributed by atoms with E-state index in [1.165, 1.54) is 44.9 Å². The Labute approximate surface area is 143 Å². The molecule has 1 aromatic carbocycles. The fourth-order valence-electron chi connectivity index (χ4n) is 2.33. The average molecular weight is 373 g/mol. The molecule has 0 fully saturated rings. The van der Waals surface area contributed by atoms with Gasteiger partial charge in [0.2, 0.25) is 0 Å². The summed E-state index contributed by atoms with van der Waals surface area (Å²) in [6, 6.07) is 5.65. The van der Waals surface area contributed by atoms with Crippen LogP contribution in [0.2, 0.25) is 0 Å². The first-order valence-corrected chi connectivity index (χ1v) is 9.34. The van der Waals surface area contributed by atoms with Crippen LogP contribution >= 0.6 is 15.9 Å². The van der Waals surface area contributed by atoms with Crippen LogP contribution in [0.15, 0.2) is 18.2 Å². The van der Waals surface area contributed by atoms with Gasteiger partial charge in [-0.3, -0.25) is 0 Å². The maximum absolute atomic E-state index is 5.80. The molecule has 0 unspecified atom stereocenters. The molecule has 0 spiro atoms. The van der Waals surface area contributed by atoms with E-state index in [0.29, 0.717) is 0 Å². The third kappa shape index (κ3) is 7.92. The predicted molar refractivity (Wildman–Crippen MR) is 95.8 cm³/mol. The van der Waals surface area contributed by atoms with E-state index in [1.807, 2.05) is 18.2 Å². The highest BCUT2D eigenvalue weighted by molar-refractivity contribution is 9.09. The first-order valence-electron chi connectivity index (χ1n) is 8.22. The van der Waals surface area contributed by atoms with Crippen LogP contribution in [0.25, 0.3) is 0 Å². The van der Waals surface area contributed by atoms with E-state index in [-0.39, 0.29) is 0 Å². The van der Waals surface area contributed by atoms with Crippen molar-refractivity contribution in [2.75, 3.05) is 26.2 Å². The summed E-state index contributed by atoms with van der Waals surface area (Å²) in [7, 11) is 3.30. The summed E-state index contributed by atoms with van der Waals surface area (Å²) < 4.78 is 16.3. The van der Waals surface area contributed by atoms with Gasteiger partial charge in [0, 0.05) is 11.4 Å². The zero-order valence-corrected chi connectivity index (χ0v) is 15.5. The molecular weight excluding hydrogens is 344 g/mol. The molecular formula is C18H29BrO3. The molecule has 0 saturated carbocycles. The SMILES string of the molecule is COc1ccc(OCCCCCCCCCCBr)c(OC)c1. The van der Waals surface area contributed by atoms with Gasteiger partial charge in [-0.1, -0.05) is 54.5 Å². The molecule has 0 aliphatic carbocycles. The zero-order valence-electron chi connectivity index (χ0n) is 13.9. The molecule has 0 aliphatic rings. The van der Waals surface area contributed by atoms with Crippen LogP contribution < -0.4 is 14.2 Å². The van der Waals surface area contributed by atoms with Gasteiger partial charge in [0.15, 0.2) is 11.5 Å². The molecule has 4 heteroatoms. The maximum atomic E-state index is 5.80. The zero-order chi connectivity index (χ0) is 16.0. The molecule has 0 N–H and O–H groups in total. The Hall–Kier alpha value is -0.900. The molecule has 0 aromatic heterocycles. The van der Waals surface area contributed by atoms with Crippen LogP contribution in [0, 0.1) is 0 Å². The minimum Gasteiger partial charge on any atom is -0.497 e. The molecule has 0 radical (unpaired) electrons. The van der Waals surface area contributed by atoms with Crippen molar-refractivity contribution in [2.45, 2.75) is 51.4 Å². The number of unbranched alkanes of at least 4 members (excludes halogenated alkanes) is 7. The molecule has 0 heterocycles. The topological polar surface area (TPSA) is 27.7 Å². The van der Waals surface area contributed by atoms with Crippen molar-refractivity contribution in [1.82, 2.24) is 0 Å². The normalized spacial score (nSPS) is 10.5. The number of hydrogen-bond acceptors (Lipinski definition) is 3. The number of rotatable bonds is 13. The quantitative estimate of drug-likeness (QED) is 0.333. The van der Waals surface area contributed by atoms with E-state index in [9.17, 15) is 0 Å². The van der Waals surface area contributed by atoms with Crippen molar-refractivity contribution in [1.29, 1.82) is 0 Å². The Balaban J connectivity index is 2.09. The molecule has 22 heavy (non-hydrogen) atoms. The van der Waals surface area contributed by atoms with Crippen molar-refractivity contribution < 1.29 is 14.2 Å². The van der Waals surface area contributed by atoms with Gasteiger partial charge in [0.25, 0.3) is 0 Å². The summed E-state index contributed by atoms with van der Waals surface area (Å²) in [5, 5.41) is 1.14. The first-order chi connectivity index (χ1) is 10.8. The van der Waals surface area contributed by atoms with Crippen molar-refractivity contribution in [2.24, 2.45) is 0 Å². The monoisotopic (exact) mass is 372 g/mol. The second-order valence-corrected chi connectivity index (χ2v) is 6.18. The lowest BCUT2D eigenvalue weighted by atomic mass is 10.1. The highest BCUT2D eigenvalue weighted by Crippen LogP contribution is 2.31. The van der Waals surface area contributed by atoms with E-state index >= 15 is 0 Å². The van der Waals surface area contributed by atoms with Gasteiger partial charge in [-0.05, 0) is 25.0 Å². The third-order valence-electron chi connectivity index (χ3n) is 3.66. The maximum Gasteiger partial charge on any atom is 0.164 e. The van der Waals surface area contributed by atoms with E-state index in [0.717, 1.165) is 35.6 Å². The second kappa shape index (κ2) is 12.6. The average Bonchev–Trinajstić information content (AvgIpc) is 2.56. The van der Waals surface area contributed by atoms with Gasteiger partial charge < -0.3 is 14.2 Å². The number of alkyl halides is 1. The molecule has 0 saturated heterocycles. The van der Waals surface area contributed by atoms with Gasteiger partial charge in [-0.2, -0.15) is 0 Å². The van der Waals surface area contributed by atoms with Crippen LogP contribution in [-0.2, 0) is 0 Å².